The predicted molar refractivity (Wildman–Crippen MR) is 106 cm³/mol. The Bertz CT molecular complexity index is 944. The maximum Gasteiger partial charge on any atom is 0.246 e. The first-order valence-electron chi connectivity index (χ1n) is 9.65. The third kappa shape index (κ3) is 5.39. The number of rotatable bonds is 7. The molecule has 156 valence electrons. The summed E-state index contributed by atoms with van der Waals surface area (Å²) in [6.07, 6.45) is 2.39. The Morgan fingerprint density at radius 2 is 1.76 bits per heavy atom. The topological polar surface area (TPSA) is 66.5 Å². The van der Waals surface area contributed by atoms with E-state index in [1.54, 1.807) is 0 Å². The molecule has 2 aromatic rings. The lowest BCUT2D eigenvalue weighted by molar-refractivity contribution is -0.126. The van der Waals surface area contributed by atoms with Gasteiger partial charge >= 0.3 is 0 Å². The van der Waals surface area contributed by atoms with E-state index in [4.69, 9.17) is 0 Å². The normalized spacial score (nSPS) is 15.9. The number of carbonyl (C=O) groups is 1. The summed E-state index contributed by atoms with van der Waals surface area (Å²) in [6.45, 7) is 0.752. The molecule has 0 unspecified atom stereocenters. The Hall–Kier alpha value is -2.32. The van der Waals surface area contributed by atoms with Crippen molar-refractivity contribution in [1.29, 1.82) is 0 Å². The number of sulfonamides is 1. The molecule has 0 bridgehead atoms. The van der Waals surface area contributed by atoms with Gasteiger partial charge in [0, 0.05) is 25.6 Å². The zero-order chi connectivity index (χ0) is 20.9. The Morgan fingerprint density at radius 3 is 2.45 bits per heavy atom. The van der Waals surface area contributed by atoms with Crippen molar-refractivity contribution in [3.8, 4) is 0 Å². The second kappa shape index (κ2) is 9.45. The summed E-state index contributed by atoms with van der Waals surface area (Å²) in [4.78, 5) is 11.7. The second-order valence-corrected chi connectivity index (χ2v) is 9.04. The van der Waals surface area contributed by atoms with Crippen LogP contribution in [0.25, 0.3) is 0 Å². The Labute approximate surface area is 169 Å². The molecule has 1 aliphatic rings. The molecule has 0 aliphatic carbocycles. The van der Waals surface area contributed by atoms with Crippen LogP contribution in [0.5, 0.6) is 0 Å². The van der Waals surface area contributed by atoms with Gasteiger partial charge in [0.25, 0.3) is 0 Å². The third-order valence-corrected chi connectivity index (χ3v) is 7.03. The molecule has 29 heavy (non-hydrogen) atoms. The summed E-state index contributed by atoms with van der Waals surface area (Å²) < 4.78 is 53.6. The number of aryl methyl sites for hydroxylation is 1. The largest absolute Gasteiger partial charge is 0.356 e. The van der Waals surface area contributed by atoms with Gasteiger partial charge in [-0.25, -0.2) is 17.2 Å². The van der Waals surface area contributed by atoms with Crippen LogP contribution in [0, 0.1) is 17.6 Å². The van der Waals surface area contributed by atoms with E-state index in [0.717, 1.165) is 29.3 Å². The van der Waals surface area contributed by atoms with Gasteiger partial charge in [0.05, 0.1) is 0 Å². The molecule has 1 aliphatic heterocycles. The highest BCUT2D eigenvalue weighted by atomic mass is 32.2. The van der Waals surface area contributed by atoms with Crippen LogP contribution in [0.2, 0.25) is 0 Å². The molecule has 3 rings (SSSR count). The van der Waals surface area contributed by atoms with E-state index < -0.39 is 26.6 Å². The second-order valence-electron chi connectivity index (χ2n) is 7.13. The summed E-state index contributed by atoms with van der Waals surface area (Å²) >= 11 is 0. The summed E-state index contributed by atoms with van der Waals surface area (Å²) in [6, 6.07) is 12.4. The zero-order valence-corrected chi connectivity index (χ0v) is 16.8. The van der Waals surface area contributed by atoms with Gasteiger partial charge in [-0.2, -0.15) is 4.31 Å². The van der Waals surface area contributed by atoms with Gasteiger partial charge in [0.15, 0.2) is 0 Å². The van der Waals surface area contributed by atoms with Crippen molar-refractivity contribution in [1.82, 2.24) is 9.62 Å². The fraction of sp³-hybridized carbons (Fsp3) is 0.381. The van der Waals surface area contributed by atoms with Crippen LogP contribution in [-0.4, -0.2) is 38.3 Å². The van der Waals surface area contributed by atoms with E-state index in [0.29, 0.717) is 25.5 Å². The quantitative estimate of drug-likeness (QED) is 0.698. The number of hydrogen-bond acceptors (Lipinski definition) is 3. The fourth-order valence-corrected chi connectivity index (χ4v) is 5.01. The van der Waals surface area contributed by atoms with Gasteiger partial charge in [0.1, 0.15) is 16.5 Å². The first kappa shape index (κ1) is 21.4. The number of nitrogens with one attached hydrogen (secondary N) is 1. The molecule has 0 aromatic heterocycles. The predicted octanol–water partition coefficient (Wildman–Crippen LogP) is 3.11. The summed E-state index contributed by atoms with van der Waals surface area (Å²) in [5.74, 6) is -2.16. The fourth-order valence-electron chi connectivity index (χ4n) is 3.47. The lowest BCUT2D eigenvalue weighted by Crippen LogP contribution is -2.43. The maximum absolute atomic E-state index is 13.9. The lowest BCUT2D eigenvalue weighted by atomic mass is 9.97. The van der Waals surface area contributed by atoms with Gasteiger partial charge in [-0.3, -0.25) is 4.79 Å². The molecule has 0 saturated carbocycles. The molecule has 1 amide bonds. The van der Waals surface area contributed by atoms with Crippen molar-refractivity contribution in [3.63, 3.8) is 0 Å². The Morgan fingerprint density at radius 1 is 1.07 bits per heavy atom. The van der Waals surface area contributed by atoms with Crippen LogP contribution in [0.3, 0.4) is 0 Å². The number of benzene rings is 2. The van der Waals surface area contributed by atoms with Gasteiger partial charge in [0.2, 0.25) is 15.9 Å². The van der Waals surface area contributed by atoms with Crippen molar-refractivity contribution in [2.45, 2.75) is 30.6 Å². The summed E-state index contributed by atoms with van der Waals surface area (Å²) in [5, 5.41) is 2.91. The highest BCUT2D eigenvalue weighted by Gasteiger charge is 2.33. The first-order chi connectivity index (χ1) is 13.9. The molecule has 1 saturated heterocycles. The minimum Gasteiger partial charge on any atom is -0.356 e. The van der Waals surface area contributed by atoms with E-state index in [-0.39, 0.29) is 24.9 Å². The number of carbonyl (C=O) groups excluding carboxylic acids is 1. The van der Waals surface area contributed by atoms with Crippen molar-refractivity contribution in [3.05, 3.63) is 65.7 Å². The third-order valence-electron chi connectivity index (χ3n) is 5.12. The minimum atomic E-state index is -4.13. The van der Waals surface area contributed by atoms with Crippen molar-refractivity contribution >= 4 is 15.9 Å². The van der Waals surface area contributed by atoms with Crippen LogP contribution in [0.4, 0.5) is 8.78 Å². The van der Waals surface area contributed by atoms with Gasteiger partial charge in [-0.1, -0.05) is 30.3 Å². The van der Waals surface area contributed by atoms with E-state index >= 15 is 0 Å². The summed E-state index contributed by atoms with van der Waals surface area (Å²) in [7, 11) is -4.13. The van der Waals surface area contributed by atoms with Gasteiger partial charge in [-0.15, -0.1) is 0 Å². The number of nitrogens with zero attached hydrogens (tertiary/aromatic N) is 1. The van der Waals surface area contributed by atoms with E-state index in [1.165, 1.54) is 5.56 Å². The minimum absolute atomic E-state index is 0.0907. The van der Waals surface area contributed by atoms with Crippen molar-refractivity contribution in [2.75, 3.05) is 19.6 Å². The maximum atomic E-state index is 13.9. The standard InChI is InChI=1S/C21H24F2N2O3S/c22-18-8-9-19(23)20(15-18)29(27,28)25-13-10-17(11-14-25)21(26)24-12-4-7-16-5-2-1-3-6-16/h1-3,5-6,8-9,15,17H,4,7,10-14H2,(H,24,26). The molecule has 1 fully saturated rings. The van der Waals surface area contributed by atoms with Gasteiger partial charge < -0.3 is 5.32 Å². The van der Waals surface area contributed by atoms with E-state index in [9.17, 15) is 22.0 Å². The average molecular weight is 422 g/mol. The molecule has 5 nitrogen and oxygen atoms in total. The highest BCUT2D eigenvalue weighted by molar-refractivity contribution is 7.89. The average Bonchev–Trinajstić information content (AvgIpc) is 2.73. The first-order valence-corrected chi connectivity index (χ1v) is 11.1. The summed E-state index contributed by atoms with van der Waals surface area (Å²) in [5.41, 5.74) is 1.21. The van der Waals surface area contributed by atoms with Crippen LogP contribution in [-0.2, 0) is 21.2 Å². The SMILES string of the molecule is O=C(NCCCc1ccccc1)C1CCN(S(=O)(=O)c2cc(F)ccc2F)CC1. The Balaban J connectivity index is 1.48. The van der Waals surface area contributed by atoms with Crippen LogP contribution < -0.4 is 5.32 Å². The van der Waals surface area contributed by atoms with E-state index in [2.05, 4.69) is 5.32 Å². The van der Waals surface area contributed by atoms with Crippen LogP contribution in [0.1, 0.15) is 24.8 Å². The number of halogens is 2. The number of amides is 1. The molecule has 2 aromatic carbocycles. The Kier molecular flexibility index (Phi) is 6.97. The van der Waals surface area contributed by atoms with Crippen LogP contribution in [0.15, 0.2) is 53.4 Å². The molecule has 0 spiro atoms. The molecule has 1 N–H and O–H groups in total. The van der Waals surface area contributed by atoms with E-state index in [1.807, 2.05) is 30.3 Å². The smallest absolute Gasteiger partial charge is 0.246 e. The lowest BCUT2D eigenvalue weighted by Gasteiger charge is -2.30. The molecule has 1 heterocycles. The number of piperidine rings is 1. The number of hydrogen-bond donors (Lipinski definition) is 1. The molecule has 0 atom stereocenters. The van der Waals surface area contributed by atoms with Gasteiger partial charge in [-0.05, 0) is 49.4 Å². The van der Waals surface area contributed by atoms with Crippen LogP contribution >= 0.6 is 0 Å². The molecule has 8 heteroatoms. The molecule has 0 radical (unpaired) electrons. The van der Waals surface area contributed by atoms with Crippen molar-refractivity contribution < 1.29 is 22.0 Å². The molecular formula is C21H24F2N2O3S. The highest BCUT2D eigenvalue weighted by Crippen LogP contribution is 2.26. The monoisotopic (exact) mass is 422 g/mol. The molecular weight excluding hydrogens is 398 g/mol. The van der Waals surface area contributed by atoms with Crippen molar-refractivity contribution in [2.24, 2.45) is 5.92 Å². The zero-order valence-electron chi connectivity index (χ0n) is 16.0.